The second-order valence-electron chi connectivity index (χ2n) is 3.50. The van der Waals surface area contributed by atoms with Crippen LogP contribution in [0.15, 0.2) is 36.7 Å². The van der Waals surface area contributed by atoms with Gasteiger partial charge >= 0.3 is 0 Å². The minimum atomic E-state index is -0.282. The minimum absolute atomic E-state index is 0.282. The van der Waals surface area contributed by atoms with Crippen molar-refractivity contribution in [2.24, 2.45) is 0 Å². The van der Waals surface area contributed by atoms with E-state index in [4.69, 9.17) is 4.74 Å². The van der Waals surface area contributed by atoms with Gasteiger partial charge in [0.15, 0.2) is 0 Å². The maximum Gasteiger partial charge on any atom is 0.212 e. The molecule has 2 heterocycles. The van der Waals surface area contributed by atoms with Crippen LogP contribution in [-0.2, 0) is 0 Å². The summed E-state index contributed by atoms with van der Waals surface area (Å²) >= 11 is 0. The molecular weight excluding hydrogens is 243 g/mol. The molecule has 0 saturated heterocycles. The van der Waals surface area contributed by atoms with Crippen molar-refractivity contribution in [1.29, 1.82) is 0 Å². The van der Waals surface area contributed by atoms with E-state index in [-0.39, 0.29) is 5.82 Å². The number of nitrogens with zero attached hydrogens (tertiary/aromatic N) is 2. The molecule has 2 aromatic rings. The molecule has 2 aromatic heterocycles. The van der Waals surface area contributed by atoms with Crippen molar-refractivity contribution in [3.8, 4) is 5.88 Å². The molecule has 0 aliphatic rings. The quantitative estimate of drug-likeness (QED) is 0.782. The first kappa shape index (κ1) is 17.0. The lowest BCUT2D eigenvalue weighted by Gasteiger charge is -1.95. The van der Waals surface area contributed by atoms with Gasteiger partial charge in [0, 0.05) is 18.0 Å². The predicted molar refractivity (Wildman–Crippen MR) is 75.8 cm³/mol. The highest BCUT2D eigenvalue weighted by atomic mass is 19.1. The van der Waals surface area contributed by atoms with Gasteiger partial charge < -0.3 is 4.74 Å². The third kappa shape index (κ3) is 7.86. The van der Waals surface area contributed by atoms with Crippen molar-refractivity contribution in [3.05, 3.63) is 53.7 Å². The number of aryl methyl sites for hydroxylation is 2. The summed E-state index contributed by atoms with van der Waals surface area (Å²) in [6.07, 6.45) is 2.98. The maximum atomic E-state index is 12.0. The highest BCUT2D eigenvalue weighted by Crippen LogP contribution is 2.04. The van der Waals surface area contributed by atoms with Crippen molar-refractivity contribution in [2.45, 2.75) is 27.7 Å². The molecule has 0 fully saturated rings. The Hall–Kier alpha value is -1.97. The molecule has 0 bridgehead atoms. The highest BCUT2D eigenvalue weighted by molar-refractivity contribution is 5.15. The fraction of sp³-hybridized carbons (Fsp3) is 0.333. The van der Waals surface area contributed by atoms with Crippen LogP contribution in [0.3, 0.4) is 0 Å². The predicted octanol–water partition coefficient (Wildman–Crippen LogP) is 3.95. The van der Waals surface area contributed by atoms with Gasteiger partial charge in [-0.2, -0.15) is 0 Å². The highest BCUT2D eigenvalue weighted by Gasteiger charge is 1.87. The van der Waals surface area contributed by atoms with E-state index in [0.29, 0.717) is 5.88 Å². The molecule has 0 atom stereocenters. The van der Waals surface area contributed by atoms with Gasteiger partial charge in [0.2, 0.25) is 5.88 Å². The summed E-state index contributed by atoms with van der Waals surface area (Å²) in [5.74, 6) is 0.385. The van der Waals surface area contributed by atoms with E-state index >= 15 is 0 Å². The summed E-state index contributed by atoms with van der Waals surface area (Å²) in [6.45, 7) is 7.81. The van der Waals surface area contributed by atoms with Crippen LogP contribution in [0.4, 0.5) is 4.39 Å². The fourth-order valence-corrected chi connectivity index (χ4v) is 1.02. The standard InChI is InChI=1S/C7H9NO.C6H6FN.C2H6/c1-6-3-4-7(9-2)8-5-6;1-5-2-3-6(7)4-8-5;1-2/h3-5H,1-2H3;2-4H,1H3;1-2H3. The van der Waals surface area contributed by atoms with Crippen LogP contribution in [0.2, 0.25) is 0 Å². The van der Waals surface area contributed by atoms with Crippen LogP contribution in [0, 0.1) is 19.7 Å². The van der Waals surface area contributed by atoms with Gasteiger partial charge in [-0.3, -0.25) is 4.98 Å². The van der Waals surface area contributed by atoms with Gasteiger partial charge in [-0.1, -0.05) is 19.9 Å². The maximum absolute atomic E-state index is 12.0. The first-order valence-electron chi connectivity index (χ1n) is 6.16. The van der Waals surface area contributed by atoms with Gasteiger partial charge in [0.25, 0.3) is 0 Å². The van der Waals surface area contributed by atoms with Crippen molar-refractivity contribution in [2.75, 3.05) is 7.11 Å². The number of methoxy groups -OCH3 is 1. The first-order chi connectivity index (χ1) is 9.11. The van der Waals surface area contributed by atoms with E-state index in [1.54, 1.807) is 19.4 Å². The Kier molecular flexibility index (Phi) is 8.96. The van der Waals surface area contributed by atoms with Gasteiger partial charge in [-0.25, -0.2) is 9.37 Å². The van der Waals surface area contributed by atoms with Crippen LogP contribution < -0.4 is 4.74 Å². The van der Waals surface area contributed by atoms with E-state index < -0.39 is 0 Å². The molecule has 0 spiro atoms. The molecule has 0 amide bonds. The van der Waals surface area contributed by atoms with Gasteiger partial charge in [0.1, 0.15) is 5.82 Å². The number of hydrogen-bond donors (Lipinski definition) is 0. The molecule has 4 heteroatoms. The largest absolute Gasteiger partial charge is 0.481 e. The van der Waals surface area contributed by atoms with Crippen LogP contribution in [0.1, 0.15) is 25.1 Å². The number of rotatable bonds is 1. The van der Waals surface area contributed by atoms with E-state index in [1.807, 2.05) is 39.8 Å². The van der Waals surface area contributed by atoms with Gasteiger partial charge in [-0.15, -0.1) is 0 Å². The fourth-order valence-electron chi connectivity index (χ4n) is 1.02. The van der Waals surface area contributed by atoms with Gasteiger partial charge in [0.05, 0.1) is 13.3 Å². The van der Waals surface area contributed by atoms with E-state index in [2.05, 4.69) is 9.97 Å². The van der Waals surface area contributed by atoms with Crippen LogP contribution >= 0.6 is 0 Å². The Labute approximate surface area is 114 Å². The molecule has 0 N–H and O–H groups in total. The lowest BCUT2D eigenvalue weighted by Crippen LogP contribution is -1.85. The van der Waals surface area contributed by atoms with Gasteiger partial charge in [-0.05, 0) is 31.5 Å². The third-order valence-electron chi connectivity index (χ3n) is 1.97. The van der Waals surface area contributed by atoms with E-state index in [9.17, 15) is 4.39 Å². The smallest absolute Gasteiger partial charge is 0.212 e. The number of halogens is 1. The number of aromatic nitrogens is 2. The van der Waals surface area contributed by atoms with Crippen molar-refractivity contribution < 1.29 is 9.13 Å². The number of pyridine rings is 2. The average molecular weight is 264 g/mol. The van der Waals surface area contributed by atoms with Crippen LogP contribution in [-0.4, -0.2) is 17.1 Å². The molecular formula is C15H21FN2O. The van der Waals surface area contributed by atoms with Crippen molar-refractivity contribution >= 4 is 0 Å². The molecule has 0 aliphatic carbocycles. The Balaban J connectivity index is 0.000000303. The number of hydrogen-bond acceptors (Lipinski definition) is 3. The Morgan fingerprint density at radius 1 is 0.947 bits per heavy atom. The Morgan fingerprint density at radius 3 is 2.00 bits per heavy atom. The third-order valence-corrected chi connectivity index (χ3v) is 1.97. The summed E-state index contributed by atoms with van der Waals surface area (Å²) in [5, 5.41) is 0. The molecule has 19 heavy (non-hydrogen) atoms. The summed E-state index contributed by atoms with van der Waals surface area (Å²) in [7, 11) is 1.61. The second kappa shape index (κ2) is 10.00. The van der Waals surface area contributed by atoms with Crippen molar-refractivity contribution in [1.82, 2.24) is 9.97 Å². The topological polar surface area (TPSA) is 35.0 Å². The molecule has 0 aliphatic heterocycles. The summed E-state index contributed by atoms with van der Waals surface area (Å²) in [4.78, 5) is 7.68. The molecule has 104 valence electrons. The minimum Gasteiger partial charge on any atom is -0.481 e. The SMILES string of the molecule is CC.COc1ccc(C)cn1.Cc1ccc(F)cn1. The first-order valence-corrected chi connectivity index (χ1v) is 6.16. The summed E-state index contributed by atoms with van der Waals surface area (Å²) < 4.78 is 16.9. The zero-order valence-electron chi connectivity index (χ0n) is 12.1. The summed E-state index contributed by atoms with van der Waals surface area (Å²) in [6, 6.07) is 6.83. The Bertz CT molecular complexity index is 420. The molecule has 0 unspecified atom stereocenters. The zero-order chi connectivity index (χ0) is 14.7. The molecule has 0 aromatic carbocycles. The van der Waals surface area contributed by atoms with Crippen LogP contribution in [0.5, 0.6) is 5.88 Å². The van der Waals surface area contributed by atoms with E-state index in [0.717, 1.165) is 11.3 Å². The molecule has 0 saturated carbocycles. The lowest BCUT2D eigenvalue weighted by atomic mass is 10.3. The molecule has 2 rings (SSSR count). The summed E-state index contributed by atoms with van der Waals surface area (Å²) in [5.41, 5.74) is 1.99. The zero-order valence-corrected chi connectivity index (χ0v) is 12.1. The van der Waals surface area contributed by atoms with Crippen molar-refractivity contribution in [3.63, 3.8) is 0 Å². The monoisotopic (exact) mass is 264 g/mol. The normalized spacial score (nSPS) is 8.53. The lowest BCUT2D eigenvalue weighted by molar-refractivity contribution is 0.397. The molecule has 3 nitrogen and oxygen atoms in total. The molecule has 0 radical (unpaired) electrons. The number of ether oxygens (including phenoxy) is 1. The van der Waals surface area contributed by atoms with Crippen LogP contribution in [0.25, 0.3) is 0 Å². The second-order valence-corrected chi connectivity index (χ2v) is 3.50. The average Bonchev–Trinajstić information content (AvgIpc) is 2.46. The van der Waals surface area contributed by atoms with E-state index in [1.165, 1.54) is 12.3 Å². The Morgan fingerprint density at radius 2 is 1.63 bits per heavy atom.